The van der Waals surface area contributed by atoms with Crippen molar-refractivity contribution in [1.29, 1.82) is 0 Å². The van der Waals surface area contributed by atoms with Crippen LogP contribution in [0.2, 0.25) is 0 Å². The van der Waals surface area contributed by atoms with Gasteiger partial charge in [-0.1, -0.05) is 36.4 Å². The zero-order valence-electron chi connectivity index (χ0n) is 15.8. The number of carbonyl (C=O) groups excluding carboxylic acids is 2. The largest absolute Gasteiger partial charge is 1.00 e. The first-order valence-corrected chi connectivity index (χ1v) is 12.0. The SMILES string of the molecule is O=C1C=CC(=C(c2ccc([O-])cc2)c2c(I)c(I)c(I)c(I)c2C(=O)[O-])C=C1.[Na+].[Na+]. The summed E-state index contributed by atoms with van der Waals surface area (Å²) >= 11 is 8.48. The molecule has 0 radical (unpaired) electrons. The number of allylic oxidation sites excluding steroid dienone is 5. The molecule has 1 aliphatic rings. The van der Waals surface area contributed by atoms with E-state index in [0.29, 0.717) is 25.8 Å². The van der Waals surface area contributed by atoms with E-state index in [2.05, 4.69) is 67.8 Å². The first kappa shape index (κ1) is 29.6. The van der Waals surface area contributed by atoms with Crippen molar-refractivity contribution >= 4 is 108 Å². The number of ketones is 1. The summed E-state index contributed by atoms with van der Waals surface area (Å²) in [5.74, 6) is -1.55. The van der Waals surface area contributed by atoms with Crippen molar-refractivity contribution in [3.8, 4) is 5.75 Å². The molecule has 0 amide bonds. The fraction of sp³-hybridized carbons (Fsp3) is 0. The van der Waals surface area contributed by atoms with Crippen molar-refractivity contribution in [2.75, 3.05) is 0 Å². The van der Waals surface area contributed by atoms with Crippen LogP contribution in [0.4, 0.5) is 0 Å². The molecule has 0 aliphatic heterocycles. The van der Waals surface area contributed by atoms with Crippen molar-refractivity contribution < 1.29 is 78.9 Å². The molecule has 30 heavy (non-hydrogen) atoms. The molecule has 0 spiro atoms. The fourth-order valence-electron chi connectivity index (χ4n) is 2.76. The van der Waals surface area contributed by atoms with E-state index in [4.69, 9.17) is 0 Å². The molecule has 0 fully saturated rings. The summed E-state index contributed by atoms with van der Waals surface area (Å²) < 4.78 is 3.14. The standard InChI is InChI=1S/C20H10I4O4.2Na/c21-16-14(15(20(27)28)17(22)19(24)18(16)23)13(9-1-5-11(25)6-2-9)10-3-7-12(26)8-4-10;;/h1-8,25H,(H,27,28);;/q;2*+1/p-2. The molecular formula is C20H8I4Na2O4. The van der Waals surface area contributed by atoms with E-state index in [1.807, 2.05) is 22.6 Å². The zero-order chi connectivity index (χ0) is 20.6. The molecular weight excluding hydrogens is 858 g/mol. The van der Waals surface area contributed by atoms with Crippen LogP contribution in [0, 0.1) is 14.3 Å². The minimum atomic E-state index is -1.27. The van der Waals surface area contributed by atoms with Gasteiger partial charge in [-0.2, -0.15) is 0 Å². The summed E-state index contributed by atoms with van der Waals surface area (Å²) in [6, 6.07) is 6.20. The van der Waals surface area contributed by atoms with Crippen LogP contribution in [-0.4, -0.2) is 11.8 Å². The molecule has 1 aliphatic carbocycles. The van der Waals surface area contributed by atoms with Gasteiger partial charge in [-0.3, -0.25) is 4.79 Å². The molecule has 0 saturated heterocycles. The molecule has 0 saturated carbocycles. The molecule has 0 aromatic heterocycles. The van der Waals surface area contributed by atoms with Gasteiger partial charge >= 0.3 is 59.1 Å². The van der Waals surface area contributed by atoms with Crippen LogP contribution in [0.25, 0.3) is 5.57 Å². The Morgan fingerprint density at radius 1 is 0.733 bits per heavy atom. The van der Waals surface area contributed by atoms with Gasteiger partial charge in [0.2, 0.25) is 0 Å². The summed E-state index contributed by atoms with van der Waals surface area (Å²) in [6.07, 6.45) is 6.20. The van der Waals surface area contributed by atoms with Gasteiger partial charge in [0.05, 0.1) is 5.97 Å². The normalized spacial score (nSPS) is 12.3. The molecule has 0 atom stereocenters. The number of hydrogen-bond donors (Lipinski definition) is 0. The minimum absolute atomic E-state index is 0. The van der Waals surface area contributed by atoms with Crippen LogP contribution < -0.4 is 69.3 Å². The third-order valence-corrected chi connectivity index (χ3v) is 11.4. The molecule has 0 unspecified atom stereocenters. The van der Waals surface area contributed by atoms with Gasteiger partial charge in [0.1, 0.15) is 0 Å². The van der Waals surface area contributed by atoms with E-state index in [0.717, 1.165) is 10.7 Å². The third kappa shape index (κ3) is 6.34. The molecule has 142 valence electrons. The number of carboxylic acids is 1. The maximum absolute atomic E-state index is 12.1. The van der Waals surface area contributed by atoms with Gasteiger partial charge in [0.25, 0.3) is 0 Å². The van der Waals surface area contributed by atoms with Crippen molar-refractivity contribution in [2.24, 2.45) is 0 Å². The maximum atomic E-state index is 12.1. The average Bonchev–Trinajstić information content (AvgIpc) is 2.66. The van der Waals surface area contributed by atoms with E-state index >= 15 is 0 Å². The first-order chi connectivity index (χ1) is 13.2. The van der Waals surface area contributed by atoms with Crippen LogP contribution >= 0.6 is 90.4 Å². The molecule has 2 aromatic carbocycles. The smallest absolute Gasteiger partial charge is 0.872 e. The molecule has 4 nitrogen and oxygen atoms in total. The van der Waals surface area contributed by atoms with Crippen molar-refractivity contribution in [1.82, 2.24) is 0 Å². The Morgan fingerprint density at radius 2 is 1.20 bits per heavy atom. The van der Waals surface area contributed by atoms with Crippen LogP contribution in [0.3, 0.4) is 0 Å². The number of benzene rings is 2. The number of aromatic carboxylic acids is 1. The maximum Gasteiger partial charge on any atom is 1.00 e. The number of rotatable bonds is 3. The Labute approximate surface area is 272 Å². The second-order valence-electron chi connectivity index (χ2n) is 5.72. The quantitative estimate of drug-likeness (QED) is 0.156. The monoisotopic (exact) mass is 866 g/mol. The summed E-state index contributed by atoms with van der Waals surface area (Å²) in [6.45, 7) is 0. The minimum Gasteiger partial charge on any atom is -0.872 e. The van der Waals surface area contributed by atoms with Gasteiger partial charge in [0, 0.05) is 25.4 Å². The van der Waals surface area contributed by atoms with Gasteiger partial charge in [-0.25, -0.2) is 0 Å². The number of carboxylic acid groups (broad SMARTS) is 1. The summed E-state index contributed by atoms with van der Waals surface area (Å²) in [4.78, 5) is 23.7. The molecule has 2 aromatic rings. The number of hydrogen-bond acceptors (Lipinski definition) is 4. The summed E-state index contributed by atoms with van der Waals surface area (Å²) in [7, 11) is 0. The van der Waals surface area contributed by atoms with Gasteiger partial charge in [-0.05, 0) is 119 Å². The van der Waals surface area contributed by atoms with Crippen LogP contribution in [0.1, 0.15) is 21.5 Å². The fourth-order valence-corrected chi connectivity index (χ4v) is 6.44. The summed E-state index contributed by atoms with van der Waals surface area (Å²) in [5.41, 5.74) is 2.63. The van der Waals surface area contributed by atoms with Crippen LogP contribution in [0.5, 0.6) is 5.75 Å². The average molecular weight is 866 g/mol. The van der Waals surface area contributed by atoms with Crippen molar-refractivity contribution in [2.45, 2.75) is 0 Å². The molecule has 3 rings (SSSR count). The first-order valence-electron chi connectivity index (χ1n) is 7.72. The summed E-state index contributed by atoms with van der Waals surface area (Å²) in [5, 5.41) is 23.7. The topological polar surface area (TPSA) is 80.3 Å². The second-order valence-corrected chi connectivity index (χ2v) is 10.0. The number of carbonyl (C=O) groups is 2. The Kier molecular flexibility index (Phi) is 12.6. The second kappa shape index (κ2) is 12.8. The predicted molar refractivity (Wildman–Crippen MR) is 137 cm³/mol. The van der Waals surface area contributed by atoms with E-state index in [9.17, 15) is 19.8 Å². The number of halogens is 4. The van der Waals surface area contributed by atoms with E-state index in [-0.39, 0.29) is 76.2 Å². The Hall–Kier alpha value is 1.52. The van der Waals surface area contributed by atoms with E-state index in [1.54, 1.807) is 24.3 Å². The zero-order valence-corrected chi connectivity index (χ0v) is 28.4. The van der Waals surface area contributed by atoms with Crippen LogP contribution in [-0.2, 0) is 4.79 Å². The molecule has 0 N–H and O–H groups in total. The molecule has 10 heteroatoms. The van der Waals surface area contributed by atoms with Crippen molar-refractivity contribution in [3.05, 3.63) is 85.1 Å². The Morgan fingerprint density at radius 3 is 1.67 bits per heavy atom. The Bertz CT molecular complexity index is 1090. The molecule has 0 heterocycles. The Balaban J connectivity index is 0.00000225. The molecule has 0 bridgehead atoms. The van der Waals surface area contributed by atoms with E-state index in [1.165, 1.54) is 24.3 Å². The van der Waals surface area contributed by atoms with Gasteiger partial charge in [-0.15, -0.1) is 5.75 Å². The van der Waals surface area contributed by atoms with Crippen molar-refractivity contribution in [3.63, 3.8) is 0 Å². The predicted octanol–water partition coefficient (Wildman–Crippen LogP) is -1.95. The van der Waals surface area contributed by atoms with Crippen LogP contribution in [0.15, 0.2) is 54.1 Å². The third-order valence-electron chi connectivity index (χ3n) is 4.01. The van der Waals surface area contributed by atoms with Gasteiger partial charge < -0.3 is 15.0 Å². The van der Waals surface area contributed by atoms with E-state index < -0.39 is 5.97 Å². The van der Waals surface area contributed by atoms with Gasteiger partial charge in [0.15, 0.2) is 5.78 Å².